The fourth-order valence-corrected chi connectivity index (χ4v) is 3.06. The molecule has 0 aliphatic heterocycles. The Labute approximate surface area is 118 Å². The molecule has 1 aliphatic rings. The van der Waals surface area contributed by atoms with E-state index in [1.54, 1.807) is 12.1 Å². The average Bonchev–Trinajstić information content (AvgIpc) is 2.48. The summed E-state index contributed by atoms with van der Waals surface area (Å²) >= 11 is 0. The molecule has 106 valence electrons. The van der Waals surface area contributed by atoms with Crippen molar-refractivity contribution in [3.8, 4) is 6.07 Å². The van der Waals surface area contributed by atoms with E-state index in [9.17, 15) is 8.78 Å². The van der Waals surface area contributed by atoms with Crippen LogP contribution in [-0.4, -0.2) is 0 Å². The molecular formula is C17H19F2N. The zero-order valence-corrected chi connectivity index (χ0v) is 11.5. The standard InChI is InChI=1S/C17H19F2N/c18-10-2-1-3-13-4-6-14(7-5-13)15-8-9-16(12-20)17(19)11-15/h2,8-11,13-14H,1,3-7H2/b10-2+. The lowest BCUT2D eigenvalue weighted by molar-refractivity contribution is 0.311. The minimum Gasteiger partial charge on any atom is -0.216 e. The van der Waals surface area contributed by atoms with Gasteiger partial charge in [-0.3, -0.25) is 0 Å². The van der Waals surface area contributed by atoms with E-state index in [-0.39, 0.29) is 5.56 Å². The molecule has 0 bridgehead atoms. The molecule has 0 amide bonds. The quantitative estimate of drug-likeness (QED) is 0.737. The highest BCUT2D eigenvalue weighted by Crippen LogP contribution is 2.37. The van der Waals surface area contributed by atoms with Crippen molar-refractivity contribution in [2.45, 2.75) is 44.4 Å². The van der Waals surface area contributed by atoms with Crippen molar-refractivity contribution in [2.24, 2.45) is 5.92 Å². The maximum atomic E-state index is 13.6. The molecule has 1 aliphatic carbocycles. The summed E-state index contributed by atoms with van der Waals surface area (Å²) in [4.78, 5) is 0. The topological polar surface area (TPSA) is 23.8 Å². The Bertz CT molecular complexity index is 508. The van der Waals surface area contributed by atoms with Gasteiger partial charge < -0.3 is 0 Å². The molecule has 20 heavy (non-hydrogen) atoms. The summed E-state index contributed by atoms with van der Waals surface area (Å²) in [5.41, 5.74) is 1.11. The van der Waals surface area contributed by atoms with Crippen molar-refractivity contribution >= 4 is 0 Å². The Balaban J connectivity index is 1.90. The highest BCUT2D eigenvalue weighted by molar-refractivity contribution is 5.34. The van der Waals surface area contributed by atoms with E-state index in [0.717, 1.165) is 44.1 Å². The first-order valence-electron chi connectivity index (χ1n) is 7.19. The molecular weight excluding hydrogens is 256 g/mol. The molecule has 0 spiro atoms. The normalized spacial score (nSPS) is 22.9. The average molecular weight is 275 g/mol. The molecule has 0 unspecified atom stereocenters. The second-order valence-electron chi connectivity index (χ2n) is 5.51. The van der Waals surface area contributed by atoms with Gasteiger partial charge in [0.15, 0.2) is 0 Å². The first-order valence-corrected chi connectivity index (χ1v) is 7.19. The lowest BCUT2D eigenvalue weighted by Gasteiger charge is -2.28. The van der Waals surface area contributed by atoms with Crippen LogP contribution in [0.3, 0.4) is 0 Å². The smallest absolute Gasteiger partial charge is 0.141 e. The Morgan fingerprint density at radius 2 is 2.00 bits per heavy atom. The summed E-state index contributed by atoms with van der Waals surface area (Å²) in [5, 5.41) is 8.73. The Hall–Kier alpha value is -1.69. The first-order chi connectivity index (χ1) is 9.74. The van der Waals surface area contributed by atoms with E-state index in [4.69, 9.17) is 5.26 Å². The summed E-state index contributed by atoms with van der Waals surface area (Å²) in [7, 11) is 0. The van der Waals surface area contributed by atoms with Gasteiger partial charge in [-0.2, -0.15) is 5.26 Å². The molecule has 1 saturated carbocycles. The van der Waals surface area contributed by atoms with Crippen molar-refractivity contribution < 1.29 is 8.78 Å². The van der Waals surface area contributed by atoms with Gasteiger partial charge >= 0.3 is 0 Å². The van der Waals surface area contributed by atoms with Crippen LogP contribution in [0.5, 0.6) is 0 Å². The van der Waals surface area contributed by atoms with E-state index in [2.05, 4.69) is 0 Å². The van der Waals surface area contributed by atoms with Gasteiger partial charge in [0, 0.05) is 0 Å². The highest BCUT2D eigenvalue weighted by Gasteiger charge is 2.22. The van der Waals surface area contributed by atoms with Gasteiger partial charge in [-0.15, -0.1) is 0 Å². The largest absolute Gasteiger partial charge is 0.216 e. The van der Waals surface area contributed by atoms with Crippen LogP contribution in [0, 0.1) is 23.1 Å². The number of halogens is 2. The molecule has 1 nitrogen and oxygen atoms in total. The van der Waals surface area contributed by atoms with Crippen molar-refractivity contribution in [2.75, 3.05) is 0 Å². The Morgan fingerprint density at radius 3 is 2.60 bits per heavy atom. The van der Waals surface area contributed by atoms with Crippen molar-refractivity contribution in [3.63, 3.8) is 0 Å². The number of benzene rings is 1. The third kappa shape index (κ3) is 3.66. The van der Waals surface area contributed by atoms with Crippen LogP contribution >= 0.6 is 0 Å². The summed E-state index contributed by atoms with van der Waals surface area (Å²) in [6.07, 6.45) is 8.36. The van der Waals surface area contributed by atoms with E-state index in [1.807, 2.05) is 12.1 Å². The molecule has 2 rings (SSSR count). The molecule has 1 aromatic carbocycles. The van der Waals surface area contributed by atoms with E-state index >= 15 is 0 Å². The van der Waals surface area contributed by atoms with Crippen LogP contribution in [0.2, 0.25) is 0 Å². The lowest BCUT2D eigenvalue weighted by atomic mass is 9.77. The summed E-state index contributed by atoms with van der Waals surface area (Å²) in [5.74, 6) is 0.635. The number of hydrogen-bond donors (Lipinski definition) is 0. The molecule has 0 aromatic heterocycles. The van der Waals surface area contributed by atoms with Crippen LogP contribution in [0.25, 0.3) is 0 Å². The molecule has 0 heterocycles. The fraction of sp³-hybridized carbons (Fsp3) is 0.471. The van der Waals surface area contributed by atoms with Gasteiger partial charge in [0.05, 0.1) is 11.9 Å². The summed E-state index contributed by atoms with van der Waals surface area (Å²) < 4.78 is 25.5. The lowest BCUT2D eigenvalue weighted by Crippen LogP contribution is -2.13. The minimum absolute atomic E-state index is 0.112. The van der Waals surface area contributed by atoms with Crippen LogP contribution in [0.4, 0.5) is 8.78 Å². The third-order valence-electron chi connectivity index (χ3n) is 4.26. The molecule has 1 aromatic rings. The molecule has 0 atom stereocenters. The number of nitrogens with zero attached hydrogens (tertiary/aromatic N) is 1. The predicted octanol–water partition coefficient (Wildman–Crippen LogP) is 5.23. The molecule has 0 saturated heterocycles. The van der Waals surface area contributed by atoms with Gasteiger partial charge in [-0.25, -0.2) is 8.78 Å². The molecule has 0 radical (unpaired) electrons. The van der Waals surface area contributed by atoms with Crippen molar-refractivity contribution in [1.29, 1.82) is 5.26 Å². The zero-order chi connectivity index (χ0) is 14.4. The highest BCUT2D eigenvalue weighted by atomic mass is 19.1. The molecule has 3 heteroatoms. The second-order valence-corrected chi connectivity index (χ2v) is 5.51. The van der Waals surface area contributed by atoms with E-state index in [1.165, 1.54) is 6.07 Å². The number of allylic oxidation sites excluding steroid dienone is 1. The monoisotopic (exact) mass is 275 g/mol. The van der Waals surface area contributed by atoms with Gasteiger partial charge in [0.1, 0.15) is 11.9 Å². The second kappa shape index (κ2) is 7.19. The van der Waals surface area contributed by atoms with Gasteiger partial charge in [-0.05, 0) is 68.1 Å². The molecule has 1 fully saturated rings. The van der Waals surface area contributed by atoms with E-state index < -0.39 is 5.82 Å². The minimum atomic E-state index is -0.416. The Kier molecular flexibility index (Phi) is 5.29. The van der Waals surface area contributed by atoms with Crippen molar-refractivity contribution in [1.82, 2.24) is 0 Å². The Morgan fingerprint density at radius 1 is 1.25 bits per heavy atom. The van der Waals surface area contributed by atoms with Gasteiger partial charge in [0.2, 0.25) is 0 Å². The maximum absolute atomic E-state index is 13.6. The van der Waals surface area contributed by atoms with Crippen LogP contribution in [0.1, 0.15) is 55.6 Å². The van der Waals surface area contributed by atoms with Gasteiger partial charge in [-0.1, -0.05) is 12.1 Å². The van der Waals surface area contributed by atoms with Gasteiger partial charge in [0.25, 0.3) is 0 Å². The van der Waals surface area contributed by atoms with Crippen LogP contribution in [-0.2, 0) is 0 Å². The number of rotatable bonds is 4. The first kappa shape index (κ1) is 14.7. The SMILES string of the molecule is N#Cc1ccc(C2CCC(CC/C=C/F)CC2)cc1F. The number of nitriles is 1. The third-order valence-corrected chi connectivity index (χ3v) is 4.26. The predicted molar refractivity (Wildman–Crippen MR) is 75.3 cm³/mol. The van der Waals surface area contributed by atoms with Crippen LogP contribution in [0.15, 0.2) is 30.6 Å². The van der Waals surface area contributed by atoms with E-state index in [0.29, 0.717) is 18.2 Å². The van der Waals surface area contributed by atoms with Crippen LogP contribution < -0.4 is 0 Å². The number of hydrogen-bond acceptors (Lipinski definition) is 1. The van der Waals surface area contributed by atoms with Crippen molar-refractivity contribution in [3.05, 3.63) is 47.5 Å². The maximum Gasteiger partial charge on any atom is 0.141 e. The fourth-order valence-electron chi connectivity index (χ4n) is 3.06. The zero-order valence-electron chi connectivity index (χ0n) is 11.5. The summed E-state index contributed by atoms with van der Waals surface area (Å²) in [6, 6.07) is 6.80. The summed E-state index contributed by atoms with van der Waals surface area (Å²) in [6.45, 7) is 0. The molecule has 0 N–H and O–H groups in total.